The largest absolute Gasteiger partial charge is 0.486 e. The number of nitrogens with zero attached hydrogens (tertiary/aromatic N) is 2. The Morgan fingerprint density at radius 3 is 2.73 bits per heavy atom. The summed E-state index contributed by atoms with van der Waals surface area (Å²) >= 11 is 1.56. The highest BCUT2D eigenvalue weighted by molar-refractivity contribution is 7.09. The first-order valence-corrected chi connectivity index (χ1v) is 9.73. The molecule has 1 aromatic heterocycles. The molecule has 26 heavy (non-hydrogen) atoms. The molecule has 0 unspecified atom stereocenters. The SMILES string of the molecule is CCC(=O)N(CCOC)Cc1csc(COc2cc(C)cc(C)c2C)n1. The van der Waals surface area contributed by atoms with E-state index in [9.17, 15) is 4.79 Å². The highest BCUT2D eigenvalue weighted by atomic mass is 32.1. The lowest BCUT2D eigenvalue weighted by Gasteiger charge is -2.20. The molecular weight excluding hydrogens is 348 g/mol. The average molecular weight is 377 g/mol. The van der Waals surface area contributed by atoms with Crippen molar-refractivity contribution in [2.75, 3.05) is 20.3 Å². The van der Waals surface area contributed by atoms with Crippen molar-refractivity contribution in [1.29, 1.82) is 0 Å². The van der Waals surface area contributed by atoms with Gasteiger partial charge in [0.15, 0.2) is 0 Å². The molecule has 1 amide bonds. The average Bonchev–Trinajstić information content (AvgIpc) is 3.07. The Hall–Kier alpha value is -1.92. The highest BCUT2D eigenvalue weighted by Crippen LogP contribution is 2.24. The monoisotopic (exact) mass is 376 g/mol. The lowest BCUT2D eigenvalue weighted by molar-refractivity contribution is -0.132. The standard InChI is InChI=1S/C20H28N2O3S/c1-6-20(23)22(7-8-24-5)11-17-13-26-19(21-17)12-25-18-10-14(2)9-15(3)16(18)4/h9-10,13H,6-8,11-12H2,1-5H3. The smallest absolute Gasteiger partial charge is 0.222 e. The van der Waals surface area contributed by atoms with Crippen molar-refractivity contribution in [2.45, 2.75) is 47.3 Å². The fraction of sp³-hybridized carbons (Fsp3) is 0.500. The molecular formula is C20H28N2O3S. The van der Waals surface area contributed by atoms with Gasteiger partial charge in [-0.25, -0.2) is 4.98 Å². The summed E-state index contributed by atoms with van der Waals surface area (Å²) in [7, 11) is 1.64. The number of methoxy groups -OCH3 is 1. The number of amides is 1. The van der Waals surface area contributed by atoms with Crippen LogP contribution in [0.5, 0.6) is 5.75 Å². The topological polar surface area (TPSA) is 51.7 Å². The molecule has 0 aliphatic carbocycles. The molecule has 2 rings (SSSR count). The molecule has 0 saturated carbocycles. The van der Waals surface area contributed by atoms with Gasteiger partial charge in [0.25, 0.3) is 0 Å². The van der Waals surface area contributed by atoms with Crippen molar-refractivity contribution >= 4 is 17.2 Å². The maximum Gasteiger partial charge on any atom is 0.222 e. The molecule has 1 heterocycles. The number of hydrogen-bond acceptors (Lipinski definition) is 5. The van der Waals surface area contributed by atoms with Crippen molar-refractivity contribution in [1.82, 2.24) is 9.88 Å². The zero-order valence-corrected chi connectivity index (χ0v) is 17.1. The van der Waals surface area contributed by atoms with E-state index in [-0.39, 0.29) is 5.91 Å². The molecule has 0 aliphatic heterocycles. The van der Waals surface area contributed by atoms with E-state index in [1.165, 1.54) is 11.1 Å². The molecule has 0 aliphatic rings. The Balaban J connectivity index is 1.99. The lowest BCUT2D eigenvalue weighted by Crippen LogP contribution is -2.33. The van der Waals surface area contributed by atoms with Crippen LogP contribution in [0.1, 0.15) is 40.7 Å². The molecule has 5 nitrogen and oxygen atoms in total. The van der Waals surface area contributed by atoms with Crippen LogP contribution in [0.2, 0.25) is 0 Å². The fourth-order valence-electron chi connectivity index (χ4n) is 2.69. The number of thiazole rings is 1. The van der Waals surface area contributed by atoms with E-state index < -0.39 is 0 Å². The minimum atomic E-state index is 0.110. The van der Waals surface area contributed by atoms with Gasteiger partial charge in [-0.3, -0.25) is 4.79 Å². The first-order chi connectivity index (χ1) is 12.4. The predicted molar refractivity (Wildman–Crippen MR) is 105 cm³/mol. The summed E-state index contributed by atoms with van der Waals surface area (Å²) in [4.78, 5) is 18.5. The number of carbonyl (C=O) groups is 1. The number of ether oxygens (including phenoxy) is 2. The van der Waals surface area contributed by atoms with Crippen LogP contribution in [0.25, 0.3) is 0 Å². The number of benzene rings is 1. The van der Waals surface area contributed by atoms with Gasteiger partial charge in [-0.15, -0.1) is 11.3 Å². The Bertz CT molecular complexity index is 743. The number of aromatic nitrogens is 1. The van der Waals surface area contributed by atoms with Gasteiger partial charge in [-0.1, -0.05) is 13.0 Å². The third kappa shape index (κ3) is 5.54. The summed E-state index contributed by atoms with van der Waals surface area (Å²) in [6, 6.07) is 4.21. The fourth-order valence-corrected chi connectivity index (χ4v) is 3.39. The Kier molecular flexibility index (Phi) is 7.60. The van der Waals surface area contributed by atoms with Crippen LogP contribution in [0, 0.1) is 20.8 Å². The molecule has 6 heteroatoms. The van der Waals surface area contributed by atoms with Crippen LogP contribution in [0.3, 0.4) is 0 Å². The maximum atomic E-state index is 12.1. The van der Waals surface area contributed by atoms with Crippen LogP contribution in [0.4, 0.5) is 0 Å². The number of aryl methyl sites for hydroxylation is 2. The summed E-state index contributed by atoms with van der Waals surface area (Å²) in [6.07, 6.45) is 0.482. The van der Waals surface area contributed by atoms with Gasteiger partial charge in [-0.05, 0) is 43.5 Å². The van der Waals surface area contributed by atoms with Crippen molar-refractivity contribution in [2.24, 2.45) is 0 Å². The van der Waals surface area contributed by atoms with Crippen LogP contribution < -0.4 is 4.74 Å². The second-order valence-electron chi connectivity index (χ2n) is 6.39. The van der Waals surface area contributed by atoms with E-state index in [0.29, 0.717) is 32.7 Å². The van der Waals surface area contributed by atoms with Crippen molar-refractivity contribution in [3.05, 3.63) is 44.9 Å². The molecule has 0 saturated heterocycles. The van der Waals surface area contributed by atoms with E-state index in [1.54, 1.807) is 23.3 Å². The molecule has 0 fully saturated rings. The van der Waals surface area contributed by atoms with E-state index in [2.05, 4.69) is 37.9 Å². The first-order valence-electron chi connectivity index (χ1n) is 8.85. The van der Waals surface area contributed by atoms with Crippen molar-refractivity contribution in [3.8, 4) is 5.75 Å². The Labute approximate surface area is 160 Å². The zero-order valence-electron chi connectivity index (χ0n) is 16.3. The highest BCUT2D eigenvalue weighted by Gasteiger charge is 2.14. The van der Waals surface area contributed by atoms with Gasteiger partial charge in [-0.2, -0.15) is 0 Å². The summed E-state index contributed by atoms with van der Waals surface area (Å²) in [5, 5.41) is 2.91. The summed E-state index contributed by atoms with van der Waals surface area (Å²) in [5.41, 5.74) is 4.47. The molecule has 0 radical (unpaired) electrons. The van der Waals surface area contributed by atoms with Gasteiger partial charge < -0.3 is 14.4 Å². The second kappa shape index (κ2) is 9.69. The quantitative estimate of drug-likeness (QED) is 0.663. The summed E-state index contributed by atoms with van der Waals surface area (Å²) < 4.78 is 11.1. The van der Waals surface area contributed by atoms with Gasteiger partial charge in [0.2, 0.25) is 5.91 Å². The third-order valence-electron chi connectivity index (χ3n) is 4.29. The maximum absolute atomic E-state index is 12.1. The molecule has 0 N–H and O–H groups in total. The lowest BCUT2D eigenvalue weighted by atomic mass is 10.1. The van der Waals surface area contributed by atoms with Crippen LogP contribution in [-0.2, 0) is 22.7 Å². The zero-order chi connectivity index (χ0) is 19.1. The molecule has 0 spiro atoms. The van der Waals surface area contributed by atoms with Crippen molar-refractivity contribution in [3.63, 3.8) is 0 Å². The second-order valence-corrected chi connectivity index (χ2v) is 7.33. The van der Waals surface area contributed by atoms with E-state index in [0.717, 1.165) is 22.0 Å². The van der Waals surface area contributed by atoms with E-state index >= 15 is 0 Å². The summed E-state index contributed by atoms with van der Waals surface area (Å²) in [5.74, 6) is 1.01. The number of carbonyl (C=O) groups excluding carboxylic acids is 1. The van der Waals surface area contributed by atoms with Crippen molar-refractivity contribution < 1.29 is 14.3 Å². The van der Waals surface area contributed by atoms with E-state index in [1.807, 2.05) is 12.3 Å². The Morgan fingerprint density at radius 1 is 1.27 bits per heavy atom. The molecule has 2 aromatic rings. The van der Waals surface area contributed by atoms with Gasteiger partial charge in [0, 0.05) is 25.5 Å². The van der Waals surface area contributed by atoms with Gasteiger partial charge >= 0.3 is 0 Å². The van der Waals surface area contributed by atoms with Gasteiger partial charge in [0.05, 0.1) is 18.8 Å². The molecule has 0 atom stereocenters. The van der Waals surface area contributed by atoms with Crippen LogP contribution >= 0.6 is 11.3 Å². The van der Waals surface area contributed by atoms with Crippen LogP contribution in [-0.4, -0.2) is 36.1 Å². The Morgan fingerprint density at radius 2 is 2.04 bits per heavy atom. The number of rotatable bonds is 9. The van der Waals surface area contributed by atoms with Crippen LogP contribution in [0.15, 0.2) is 17.5 Å². The molecule has 0 bridgehead atoms. The van der Waals surface area contributed by atoms with Gasteiger partial charge in [0.1, 0.15) is 17.4 Å². The molecule has 142 valence electrons. The minimum absolute atomic E-state index is 0.110. The normalized spacial score (nSPS) is 10.8. The first kappa shape index (κ1) is 20.4. The molecule has 1 aromatic carbocycles. The predicted octanol–water partition coefficient (Wildman–Crippen LogP) is 4.03. The number of hydrogen-bond donors (Lipinski definition) is 0. The minimum Gasteiger partial charge on any atom is -0.486 e. The van der Waals surface area contributed by atoms with E-state index in [4.69, 9.17) is 9.47 Å². The summed E-state index contributed by atoms with van der Waals surface area (Å²) in [6.45, 7) is 10.2. The third-order valence-corrected chi connectivity index (χ3v) is 5.16.